The number of halogens is 2. The molecule has 3 saturated heterocycles. The topological polar surface area (TPSA) is 59.1 Å². The van der Waals surface area contributed by atoms with E-state index in [9.17, 15) is 18.4 Å². The number of hydrogen-bond donors (Lipinski definition) is 0. The molecule has 0 aromatic heterocycles. The first-order chi connectivity index (χ1) is 13.0. The lowest BCUT2D eigenvalue weighted by Gasteiger charge is -2.35. The van der Waals surface area contributed by atoms with Crippen molar-refractivity contribution in [3.8, 4) is 0 Å². The van der Waals surface area contributed by atoms with Crippen molar-refractivity contribution in [2.24, 2.45) is 11.8 Å². The first-order valence-electron chi connectivity index (χ1n) is 9.30. The molecular formula is C19H22F2N2O4. The highest BCUT2D eigenvalue weighted by Gasteiger charge is 2.39. The van der Waals surface area contributed by atoms with E-state index in [2.05, 4.69) is 0 Å². The smallest absolute Gasteiger partial charge is 0.228 e. The number of amides is 2. The van der Waals surface area contributed by atoms with Gasteiger partial charge in [-0.2, -0.15) is 0 Å². The van der Waals surface area contributed by atoms with Gasteiger partial charge in [-0.25, -0.2) is 8.78 Å². The Morgan fingerprint density at radius 3 is 2.30 bits per heavy atom. The number of carbonyl (C=O) groups is 2. The van der Waals surface area contributed by atoms with Crippen LogP contribution < -0.4 is 4.90 Å². The second kappa shape index (κ2) is 7.52. The van der Waals surface area contributed by atoms with Crippen LogP contribution in [0.2, 0.25) is 0 Å². The lowest BCUT2D eigenvalue weighted by molar-refractivity contribution is -0.140. The summed E-state index contributed by atoms with van der Waals surface area (Å²) in [6.45, 7) is 2.59. The molecule has 1 unspecified atom stereocenters. The predicted molar refractivity (Wildman–Crippen MR) is 91.8 cm³/mol. The van der Waals surface area contributed by atoms with E-state index in [-0.39, 0.29) is 42.7 Å². The molecule has 1 aromatic rings. The molecule has 2 amide bonds. The fraction of sp³-hybridized carbons (Fsp3) is 0.579. The highest BCUT2D eigenvalue weighted by Crippen LogP contribution is 2.30. The number of rotatable bonds is 3. The molecule has 3 aliphatic rings. The van der Waals surface area contributed by atoms with Crippen LogP contribution in [-0.4, -0.2) is 55.9 Å². The summed E-state index contributed by atoms with van der Waals surface area (Å²) in [4.78, 5) is 28.2. The summed E-state index contributed by atoms with van der Waals surface area (Å²) >= 11 is 0. The quantitative estimate of drug-likeness (QED) is 0.804. The van der Waals surface area contributed by atoms with Crippen molar-refractivity contribution < 1.29 is 27.8 Å². The van der Waals surface area contributed by atoms with Gasteiger partial charge in [0.05, 0.1) is 19.1 Å². The Labute approximate surface area is 156 Å². The van der Waals surface area contributed by atoms with Crippen LogP contribution in [0.4, 0.5) is 14.5 Å². The number of nitrogens with zero attached hydrogens (tertiary/aromatic N) is 2. The monoisotopic (exact) mass is 380 g/mol. The minimum absolute atomic E-state index is 0.0613. The second-order valence-corrected chi connectivity index (χ2v) is 7.31. The molecule has 3 aliphatic heterocycles. The number of hydrogen-bond acceptors (Lipinski definition) is 4. The van der Waals surface area contributed by atoms with Gasteiger partial charge in [0.1, 0.15) is 11.6 Å². The molecule has 6 nitrogen and oxygen atoms in total. The molecule has 0 radical (unpaired) electrons. The zero-order chi connectivity index (χ0) is 19.0. The molecule has 27 heavy (non-hydrogen) atoms. The van der Waals surface area contributed by atoms with Gasteiger partial charge >= 0.3 is 0 Å². The zero-order valence-electron chi connectivity index (χ0n) is 14.9. The summed E-state index contributed by atoms with van der Waals surface area (Å²) in [6, 6.07) is 2.98. The fourth-order valence-corrected chi connectivity index (χ4v) is 4.12. The molecule has 3 heterocycles. The summed E-state index contributed by atoms with van der Waals surface area (Å²) in [7, 11) is 0. The van der Waals surface area contributed by atoms with Crippen molar-refractivity contribution in [1.29, 1.82) is 0 Å². The number of likely N-dealkylation sites (tertiary alicyclic amines) is 1. The van der Waals surface area contributed by atoms with Crippen molar-refractivity contribution in [1.82, 2.24) is 4.90 Å². The Morgan fingerprint density at radius 1 is 1.04 bits per heavy atom. The SMILES string of the molecule is O=C(C1CC(=O)N(c2cc(F)cc(F)c2)C1)N1CCC(C2OCCO2)CC1. The summed E-state index contributed by atoms with van der Waals surface area (Å²) in [6.07, 6.45) is 1.49. The van der Waals surface area contributed by atoms with Crippen molar-refractivity contribution in [2.45, 2.75) is 25.6 Å². The summed E-state index contributed by atoms with van der Waals surface area (Å²) in [5.74, 6) is -2.06. The molecule has 0 saturated carbocycles. The van der Waals surface area contributed by atoms with Gasteiger partial charge in [-0.05, 0) is 25.0 Å². The average Bonchev–Trinajstić information content (AvgIpc) is 3.30. The van der Waals surface area contributed by atoms with Crippen molar-refractivity contribution in [3.05, 3.63) is 29.8 Å². The largest absolute Gasteiger partial charge is 0.350 e. The van der Waals surface area contributed by atoms with E-state index in [0.717, 1.165) is 31.0 Å². The van der Waals surface area contributed by atoms with Gasteiger partial charge in [0.2, 0.25) is 11.8 Å². The van der Waals surface area contributed by atoms with Gasteiger partial charge < -0.3 is 19.3 Å². The van der Waals surface area contributed by atoms with Crippen LogP contribution in [0.25, 0.3) is 0 Å². The molecule has 0 aliphatic carbocycles. The van der Waals surface area contributed by atoms with E-state index in [1.807, 2.05) is 0 Å². The Bertz CT molecular complexity index is 710. The zero-order valence-corrected chi connectivity index (χ0v) is 14.9. The lowest BCUT2D eigenvalue weighted by Crippen LogP contribution is -2.44. The summed E-state index contributed by atoms with van der Waals surface area (Å²) < 4.78 is 38.0. The highest BCUT2D eigenvalue weighted by molar-refractivity contribution is 6.00. The van der Waals surface area contributed by atoms with E-state index >= 15 is 0 Å². The highest BCUT2D eigenvalue weighted by atomic mass is 19.1. The first kappa shape index (κ1) is 18.3. The predicted octanol–water partition coefficient (Wildman–Crippen LogP) is 1.93. The Balaban J connectivity index is 1.36. The van der Waals surface area contributed by atoms with Crippen LogP contribution in [0.1, 0.15) is 19.3 Å². The van der Waals surface area contributed by atoms with Crippen LogP contribution in [0.3, 0.4) is 0 Å². The van der Waals surface area contributed by atoms with Crippen LogP contribution in [-0.2, 0) is 19.1 Å². The van der Waals surface area contributed by atoms with Crippen molar-refractivity contribution in [3.63, 3.8) is 0 Å². The number of benzene rings is 1. The number of ether oxygens (including phenoxy) is 2. The van der Waals surface area contributed by atoms with Gasteiger partial charge in [0.25, 0.3) is 0 Å². The summed E-state index contributed by atoms with van der Waals surface area (Å²) in [5, 5.41) is 0. The standard InChI is InChI=1S/C19H22F2N2O4/c20-14-8-15(21)10-16(9-14)23-11-13(7-17(23)24)18(25)22-3-1-12(2-4-22)19-26-5-6-27-19/h8-10,12-13,19H,1-7,11H2. The molecule has 0 N–H and O–H groups in total. The fourth-order valence-electron chi connectivity index (χ4n) is 4.12. The Hall–Kier alpha value is -2.06. The van der Waals surface area contributed by atoms with E-state index in [1.165, 1.54) is 4.90 Å². The van der Waals surface area contributed by atoms with E-state index < -0.39 is 17.6 Å². The van der Waals surface area contributed by atoms with E-state index in [1.54, 1.807) is 4.90 Å². The molecule has 0 spiro atoms. The minimum Gasteiger partial charge on any atom is -0.350 e. The third-order valence-electron chi connectivity index (χ3n) is 5.52. The minimum atomic E-state index is -0.744. The third kappa shape index (κ3) is 3.82. The van der Waals surface area contributed by atoms with Gasteiger partial charge in [0.15, 0.2) is 6.29 Å². The van der Waals surface area contributed by atoms with Crippen LogP contribution in [0.15, 0.2) is 18.2 Å². The number of carbonyl (C=O) groups excluding carboxylic acids is 2. The summed E-state index contributed by atoms with van der Waals surface area (Å²) in [5.41, 5.74) is 0.155. The van der Waals surface area contributed by atoms with Crippen molar-refractivity contribution in [2.75, 3.05) is 37.7 Å². The van der Waals surface area contributed by atoms with Gasteiger partial charge in [0, 0.05) is 43.7 Å². The molecule has 4 rings (SSSR count). The molecule has 0 bridgehead atoms. The van der Waals surface area contributed by atoms with Crippen LogP contribution >= 0.6 is 0 Å². The van der Waals surface area contributed by atoms with E-state index in [4.69, 9.17) is 9.47 Å². The van der Waals surface area contributed by atoms with Gasteiger partial charge in [-0.1, -0.05) is 0 Å². The Kier molecular flexibility index (Phi) is 5.10. The molecule has 146 valence electrons. The van der Waals surface area contributed by atoms with Crippen molar-refractivity contribution >= 4 is 17.5 Å². The number of piperidine rings is 1. The molecule has 1 aromatic carbocycles. The second-order valence-electron chi connectivity index (χ2n) is 7.31. The molecular weight excluding hydrogens is 358 g/mol. The van der Waals surface area contributed by atoms with Gasteiger partial charge in [-0.15, -0.1) is 0 Å². The Morgan fingerprint density at radius 2 is 1.67 bits per heavy atom. The van der Waals surface area contributed by atoms with Crippen LogP contribution in [0.5, 0.6) is 0 Å². The molecule has 3 fully saturated rings. The maximum absolute atomic E-state index is 13.4. The molecule has 8 heteroatoms. The van der Waals surface area contributed by atoms with Gasteiger partial charge in [-0.3, -0.25) is 9.59 Å². The normalized spacial score (nSPS) is 24.8. The van der Waals surface area contributed by atoms with Crippen LogP contribution in [0, 0.1) is 23.5 Å². The van der Waals surface area contributed by atoms with E-state index in [0.29, 0.717) is 26.3 Å². The maximum Gasteiger partial charge on any atom is 0.228 e. The number of anilines is 1. The average molecular weight is 380 g/mol. The lowest BCUT2D eigenvalue weighted by atomic mass is 9.95. The first-order valence-corrected chi connectivity index (χ1v) is 9.30. The molecule has 1 atom stereocenters. The third-order valence-corrected chi connectivity index (χ3v) is 5.52. The maximum atomic E-state index is 13.4.